The first-order valence-electron chi connectivity index (χ1n) is 9.23. The Hall–Kier alpha value is -2.37. The van der Waals surface area contributed by atoms with E-state index in [1.807, 2.05) is 28.0 Å². The van der Waals surface area contributed by atoms with Gasteiger partial charge in [-0.05, 0) is 37.5 Å². The lowest BCUT2D eigenvalue weighted by atomic mass is 10.1. The third-order valence-corrected chi connectivity index (χ3v) is 5.47. The second kappa shape index (κ2) is 6.86. The van der Waals surface area contributed by atoms with E-state index >= 15 is 0 Å². The highest BCUT2D eigenvalue weighted by Crippen LogP contribution is 2.27. The zero-order valence-corrected chi connectivity index (χ0v) is 14.4. The van der Waals surface area contributed by atoms with Crippen molar-refractivity contribution in [3.8, 4) is 0 Å². The molecule has 132 valence electrons. The van der Waals surface area contributed by atoms with Gasteiger partial charge in [0.15, 0.2) is 0 Å². The molecule has 1 aromatic carbocycles. The lowest BCUT2D eigenvalue weighted by Gasteiger charge is -2.24. The Labute approximate surface area is 147 Å². The number of carbonyl (C=O) groups is 2. The van der Waals surface area contributed by atoms with Crippen molar-refractivity contribution in [2.45, 2.75) is 32.1 Å². The molecule has 6 heteroatoms. The molecule has 2 aromatic rings. The zero-order chi connectivity index (χ0) is 17.2. The smallest absolute Gasteiger partial charge is 0.253 e. The van der Waals surface area contributed by atoms with Crippen molar-refractivity contribution in [3.05, 3.63) is 30.1 Å². The van der Waals surface area contributed by atoms with Gasteiger partial charge in [0.2, 0.25) is 5.91 Å². The molecule has 2 amide bonds. The molecule has 0 bridgehead atoms. The number of benzene rings is 1. The fourth-order valence-electron chi connectivity index (χ4n) is 4.02. The van der Waals surface area contributed by atoms with Gasteiger partial charge >= 0.3 is 0 Å². The summed E-state index contributed by atoms with van der Waals surface area (Å²) >= 11 is 0. The minimum absolute atomic E-state index is 0.0339. The molecule has 1 aliphatic carbocycles. The quantitative estimate of drug-likeness (QED) is 0.913. The molecule has 0 radical (unpaired) electrons. The van der Waals surface area contributed by atoms with Crippen molar-refractivity contribution in [2.75, 3.05) is 26.2 Å². The summed E-state index contributed by atoms with van der Waals surface area (Å²) in [5.74, 6) is 0.544. The third kappa shape index (κ3) is 3.25. The van der Waals surface area contributed by atoms with Crippen LogP contribution in [0.15, 0.2) is 24.5 Å². The number of H-pyrrole nitrogens is 1. The largest absolute Gasteiger partial charge is 0.345 e. The first-order valence-corrected chi connectivity index (χ1v) is 9.23. The first kappa shape index (κ1) is 16.1. The normalized spacial score (nSPS) is 19.4. The number of hydrogen-bond donors (Lipinski definition) is 1. The Bertz CT molecular complexity index is 779. The first-order chi connectivity index (χ1) is 12.2. The molecule has 2 fully saturated rings. The predicted molar refractivity (Wildman–Crippen MR) is 95.2 cm³/mol. The van der Waals surface area contributed by atoms with Crippen LogP contribution in [0.4, 0.5) is 0 Å². The van der Waals surface area contributed by atoms with E-state index in [1.165, 1.54) is 12.8 Å². The lowest BCUT2D eigenvalue weighted by Crippen LogP contribution is -2.39. The van der Waals surface area contributed by atoms with E-state index in [2.05, 4.69) is 9.97 Å². The molecular weight excluding hydrogens is 316 g/mol. The number of nitrogens with one attached hydrogen (secondary N) is 1. The minimum Gasteiger partial charge on any atom is -0.345 e. The van der Waals surface area contributed by atoms with Gasteiger partial charge in [-0.2, -0.15) is 0 Å². The van der Waals surface area contributed by atoms with Crippen LogP contribution in [-0.2, 0) is 4.79 Å². The van der Waals surface area contributed by atoms with Gasteiger partial charge in [-0.15, -0.1) is 0 Å². The highest BCUT2D eigenvalue weighted by Gasteiger charge is 2.29. The third-order valence-electron chi connectivity index (χ3n) is 5.47. The van der Waals surface area contributed by atoms with Crippen LogP contribution < -0.4 is 0 Å². The van der Waals surface area contributed by atoms with Crippen molar-refractivity contribution in [3.63, 3.8) is 0 Å². The summed E-state index contributed by atoms with van der Waals surface area (Å²) < 4.78 is 0. The summed E-state index contributed by atoms with van der Waals surface area (Å²) in [4.78, 5) is 36.6. The molecule has 2 heterocycles. The molecular formula is C19H24N4O2. The van der Waals surface area contributed by atoms with E-state index in [4.69, 9.17) is 0 Å². The Morgan fingerprint density at radius 3 is 2.60 bits per heavy atom. The maximum Gasteiger partial charge on any atom is 0.253 e. The summed E-state index contributed by atoms with van der Waals surface area (Å²) in [5, 5.41) is 0. The number of amides is 2. The van der Waals surface area contributed by atoms with Gasteiger partial charge in [-0.3, -0.25) is 9.59 Å². The molecule has 1 saturated heterocycles. The minimum atomic E-state index is 0.0339. The molecule has 2 aliphatic rings. The van der Waals surface area contributed by atoms with Gasteiger partial charge in [0.1, 0.15) is 0 Å². The summed E-state index contributed by atoms with van der Waals surface area (Å²) in [7, 11) is 0. The summed E-state index contributed by atoms with van der Waals surface area (Å²) in [6.07, 6.45) is 6.88. The van der Waals surface area contributed by atoms with Crippen LogP contribution in [0.1, 0.15) is 42.5 Å². The van der Waals surface area contributed by atoms with E-state index in [0.717, 1.165) is 36.8 Å². The maximum absolute atomic E-state index is 12.8. The maximum atomic E-state index is 12.8. The number of rotatable bonds is 2. The Balaban J connectivity index is 1.42. The molecule has 1 N–H and O–H groups in total. The number of aromatic nitrogens is 2. The molecule has 0 unspecified atom stereocenters. The average molecular weight is 340 g/mol. The Kier molecular flexibility index (Phi) is 4.42. The summed E-state index contributed by atoms with van der Waals surface area (Å²) in [6, 6.07) is 5.56. The molecule has 0 spiro atoms. The van der Waals surface area contributed by atoms with Gasteiger partial charge in [-0.25, -0.2) is 4.98 Å². The molecule has 1 aromatic heterocycles. The van der Waals surface area contributed by atoms with E-state index < -0.39 is 0 Å². The fraction of sp³-hybridized carbons (Fsp3) is 0.526. The van der Waals surface area contributed by atoms with E-state index in [9.17, 15) is 9.59 Å². The van der Waals surface area contributed by atoms with Crippen LogP contribution in [-0.4, -0.2) is 57.8 Å². The number of aromatic amines is 1. The molecule has 1 aliphatic heterocycles. The average Bonchev–Trinajstić information content (AvgIpc) is 3.27. The second-order valence-electron chi connectivity index (χ2n) is 7.09. The topological polar surface area (TPSA) is 69.3 Å². The van der Waals surface area contributed by atoms with Crippen LogP contribution >= 0.6 is 0 Å². The molecule has 0 atom stereocenters. The van der Waals surface area contributed by atoms with Crippen LogP contribution in [0, 0.1) is 5.92 Å². The fourth-order valence-corrected chi connectivity index (χ4v) is 4.02. The summed E-state index contributed by atoms with van der Waals surface area (Å²) in [5.41, 5.74) is 2.41. The van der Waals surface area contributed by atoms with Crippen molar-refractivity contribution >= 4 is 22.8 Å². The Morgan fingerprint density at radius 2 is 1.76 bits per heavy atom. The number of carbonyl (C=O) groups excluding carboxylic acids is 2. The number of hydrogen-bond acceptors (Lipinski definition) is 3. The molecule has 25 heavy (non-hydrogen) atoms. The monoisotopic (exact) mass is 340 g/mol. The molecule has 4 rings (SSSR count). The van der Waals surface area contributed by atoms with Crippen LogP contribution in [0.5, 0.6) is 0 Å². The highest BCUT2D eigenvalue weighted by atomic mass is 16.2. The van der Waals surface area contributed by atoms with E-state index in [0.29, 0.717) is 31.1 Å². The number of nitrogens with zero attached hydrogens (tertiary/aromatic N) is 3. The predicted octanol–water partition coefficient (Wildman–Crippen LogP) is 2.43. The van der Waals surface area contributed by atoms with Crippen molar-refractivity contribution in [2.24, 2.45) is 5.92 Å². The van der Waals surface area contributed by atoms with Crippen molar-refractivity contribution < 1.29 is 9.59 Å². The van der Waals surface area contributed by atoms with Crippen LogP contribution in [0.2, 0.25) is 0 Å². The van der Waals surface area contributed by atoms with Gasteiger partial charge in [0.25, 0.3) is 5.91 Å². The Morgan fingerprint density at radius 1 is 1.00 bits per heavy atom. The standard InChI is InChI=1S/C19H24N4O2/c24-18(14-4-1-2-5-14)22-8-3-9-23(11-10-22)19(25)15-6-7-16-17(12-15)21-13-20-16/h6-7,12-14H,1-5,8-11H2,(H,20,21). The lowest BCUT2D eigenvalue weighted by molar-refractivity contribution is -0.135. The second-order valence-corrected chi connectivity index (χ2v) is 7.09. The van der Waals surface area contributed by atoms with Crippen molar-refractivity contribution in [1.29, 1.82) is 0 Å². The van der Waals surface area contributed by atoms with E-state index in [-0.39, 0.29) is 11.8 Å². The van der Waals surface area contributed by atoms with Crippen molar-refractivity contribution in [1.82, 2.24) is 19.8 Å². The van der Waals surface area contributed by atoms with Gasteiger partial charge in [-0.1, -0.05) is 12.8 Å². The van der Waals surface area contributed by atoms with E-state index in [1.54, 1.807) is 6.33 Å². The van der Waals surface area contributed by atoms with Gasteiger partial charge in [0.05, 0.1) is 17.4 Å². The van der Waals surface area contributed by atoms with Gasteiger partial charge in [0, 0.05) is 37.7 Å². The number of imidazole rings is 1. The zero-order valence-electron chi connectivity index (χ0n) is 14.4. The molecule has 1 saturated carbocycles. The SMILES string of the molecule is O=C(c1ccc2nc[nH]c2c1)N1CCCN(C(=O)C2CCCC2)CC1. The van der Waals surface area contributed by atoms with Crippen LogP contribution in [0.3, 0.4) is 0 Å². The molecule has 6 nitrogen and oxygen atoms in total. The highest BCUT2D eigenvalue weighted by molar-refractivity contribution is 5.97. The number of fused-ring (bicyclic) bond motifs is 1. The van der Waals surface area contributed by atoms with Crippen LogP contribution in [0.25, 0.3) is 11.0 Å². The summed E-state index contributed by atoms with van der Waals surface area (Å²) in [6.45, 7) is 2.72. The van der Waals surface area contributed by atoms with Gasteiger partial charge < -0.3 is 14.8 Å².